The summed E-state index contributed by atoms with van der Waals surface area (Å²) in [5.41, 5.74) is 3.52. The molecule has 0 aromatic heterocycles. The number of rotatable bonds is 10. The van der Waals surface area contributed by atoms with Gasteiger partial charge in [0.15, 0.2) is 6.61 Å². The van der Waals surface area contributed by atoms with Gasteiger partial charge in [-0.05, 0) is 52.9 Å². The van der Waals surface area contributed by atoms with Gasteiger partial charge in [0, 0.05) is 19.6 Å². The highest BCUT2D eigenvalue weighted by Gasteiger charge is 2.38. The van der Waals surface area contributed by atoms with E-state index < -0.39 is 34.5 Å². The number of hydrogen-bond acceptors (Lipinski definition) is 5. The van der Waals surface area contributed by atoms with Crippen molar-refractivity contribution >= 4 is 21.9 Å². The second-order valence-corrected chi connectivity index (χ2v) is 12.0. The molecule has 42 heavy (non-hydrogen) atoms. The molecule has 0 fully saturated rings. The van der Waals surface area contributed by atoms with Gasteiger partial charge in [-0.25, -0.2) is 12.8 Å². The van der Waals surface area contributed by atoms with Crippen molar-refractivity contribution in [3.8, 4) is 0 Å². The SMILES string of the molecule is O=C(CC1c2ccccc2CCN1S(=O)(=O)c1ccc(F)cc1)OCC(=O)N(Cc1ccccc1)Cc1ccccc1. The van der Waals surface area contributed by atoms with Gasteiger partial charge < -0.3 is 9.64 Å². The van der Waals surface area contributed by atoms with Crippen LogP contribution in [-0.2, 0) is 43.9 Å². The standard InChI is InChI=1S/C33H31FN2O5S/c34-28-15-17-29(18-16-28)42(39,40)36-20-19-27-13-7-8-14-30(27)31(36)21-33(38)41-24-32(37)35(22-25-9-3-1-4-10-25)23-26-11-5-2-6-12-26/h1-18,31H,19-24H2. The summed E-state index contributed by atoms with van der Waals surface area (Å²) < 4.78 is 47.4. The fourth-order valence-corrected chi connectivity index (χ4v) is 6.77. The van der Waals surface area contributed by atoms with Gasteiger partial charge in [-0.15, -0.1) is 0 Å². The summed E-state index contributed by atoms with van der Waals surface area (Å²) in [6, 6.07) is 30.2. The van der Waals surface area contributed by atoms with Crippen molar-refractivity contribution in [3.05, 3.63) is 137 Å². The maximum Gasteiger partial charge on any atom is 0.308 e. The molecular formula is C33H31FN2O5S. The summed E-state index contributed by atoms with van der Waals surface area (Å²) in [6.45, 7) is 0.352. The molecule has 1 heterocycles. The first kappa shape index (κ1) is 29.2. The minimum absolute atomic E-state index is 0.0608. The molecule has 1 aliphatic rings. The third kappa shape index (κ3) is 6.92. The molecule has 0 saturated heterocycles. The Balaban J connectivity index is 1.32. The molecular weight excluding hydrogens is 555 g/mol. The fraction of sp³-hybridized carbons (Fsp3) is 0.212. The predicted octanol–water partition coefficient (Wildman–Crippen LogP) is 5.28. The number of amides is 1. The zero-order valence-electron chi connectivity index (χ0n) is 22.9. The number of carbonyl (C=O) groups excluding carboxylic acids is 2. The number of halogens is 1. The molecule has 0 N–H and O–H groups in total. The van der Waals surface area contributed by atoms with Crippen molar-refractivity contribution in [1.29, 1.82) is 0 Å². The molecule has 1 atom stereocenters. The van der Waals surface area contributed by atoms with Gasteiger partial charge in [0.25, 0.3) is 5.91 Å². The predicted molar refractivity (Wildman–Crippen MR) is 156 cm³/mol. The maximum absolute atomic E-state index is 13.6. The lowest BCUT2D eigenvalue weighted by Crippen LogP contribution is -2.41. The van der Waals surface area contributed by atoms with E-state index in [0.717, 1.165) is 28.8 Å². The number of sulfonamides is 1. The van der Waals surface area contributed by atoms with Crippen LogP contribution in [0.2, 0.25) is 0 Å². The molecule has 9 heteroatoms. The Kier molecular flexibility index (Phi) is 9.09. The molecule has 7 nitrogen and oxygen atoms in total. The van der Waals surface area contributed by atoms with Crippen LogP contribution in [0.1, 0.15) is 34.7 Å². The number of esters is 1. The van der Waals surface area contributed by atoms with Crippen molar-refractivity contribution in [1.82, 2.24) is 9.21 Å². The number of carbonyl (C=O) groups is 2. The first-order valence-corrected chi connectivity index (χ1v) is 15.1. The van der Waals surface area contributed by atoms with Gasteiger partial charge in [-0.2, -0.15) is 4.31 Å². The summed E-state index contributed by atoms with van der Waals surface area (Å²) in [4.78, 5) is 28.0. The van der Waals surface area contributed by atoms with Crippen molar-refractivity contribution in [2.45, 2.75) is 36.9 Å². The summed E-state index contributed by atoms with van der Waals surface area (Å²) in [5, 5.41) is 0. The van der Waals surface area contributed by atoms with E-state index >= 15 is 0 Å². The van der Waals surface area contributed by atoms with Gasteiger partial charge in [0.05, 0.1) is 17.4 Å². The fourth-order valence-electron chi connectivity index (χ4n) is 5.16. The Bertz CT molecular complexity index is 1590. The molecule has 4 aromatic carbocycles. The molecule has 0 radical (unpaired) electrons. The largest absolute Gasteiger partial charge is 0.456 e. The number of fused-ring (bicyclic) bond motifs is 1. The van der Waals surface area contributed by atoms with Crippen LogP contribution < -0.4 is 0 Å². The van der Waals surface area contributed by atoms with Gasteiger partial charge in [-0.1, -0.05) is 84.9 Å². The minimum atomic E-state index is -4.05. The van der Waals surface area contributed by atoms with E-state index in [1.165, 1.54) is 16.4 Å². The van der Waals surface area contributed by atoms with E-state index in [1.807, 2.05) is 72.8 Å². The molecule has 5 rings (SSSR count). The number of nitrogens with zero attached hydrogens (tertiary/aromatic N) is 2. The highest BCUT2D eigenvalue weighted by atomic mass is 32.2. The van der Waals surface area contributed by atoms with Crippen LogP contribution >= 0.6 is 0 Å². The second-order valence-electron chi connectivity index (χ2n) is 10.1. The zero-order valence-corrected chi connectivity index (χ0v) is 23.8. The smallest absolute Gasteiger partial charge is 0.308 e. The summed E-state index contributed by atoms with van der Waals surface area (Å²) in [6.07, 6.45) is 0.191. The van der Waals surface area contributed by atoms with E-state index in [9.17, 15) is 22.4 Å². The molecule has 0 aliphatic carbocycles. The van der Waals surface area contributed by atoms with E-state index in [4.69, 9.17) is 4.74 Å². The monoisotopic (exact) mass is 586 g/mol. The second kappa shape index (κ2) is 13.1. The maximum atomic E-state index is 13.6. The Morgan fingerprint density at radius 1 is 0.810 bits per heavy atom. The van der Waals surface area contributed by atoms with Crippen molar-refractivity contribution < 1.29 is 27.1 Å². The zero-order chi connectivity index (χ0) is 29.5. The summed E-state index contributed by atoms with van der Waals surface area (Å²) >= 11 is 0. The molecule has 0 spiro atoms. The first-order valence-electron chi connectivity index (χ1n) is 13.7. The van der Waals surface area contributed by atoms with Crippen LogP contribution in [0.25, 0.3) is 0 Å². The van der Waals surface area contributed by atoms with Crippen molar-refractivity contribution in [2.24, 2.45) is 0 Å². The van der Waals surface area contributed by atoms with Crippen LogP contribution in [-0.4, -0.2) is 42.7 Å². The summed E-state index contributed by atoms with van der Waals surface area (Å²) in [5.74, 6) is -1.60. The number of ether oxygens (including phenoxy) is 1. The van der Waals surface area contributed by atoms with Crippen LogP contribution in [0.4, 0.5) is 4.39 Å². The lowest BCUT2D eigenvalue weighted by atomic mass is 9.92. The third-order valence-corrected chi connectivity index (χ3v) is 9.21. The van der Waals surface area contributed by atoms with E-state index in [0.29, 0.717) is 25.1 Å². The lowest BCUT2D eigenvalue weighted by Gasteiger charge is -2.36. The summed E-state index contributed by atoms with van der Waals surface area (Å²) in [7, 11) is -4.05. The van der Waals surface area contributed by atoms with Gasteiger partial charge in [0.1, 0.15) is 5.82 Å². The molecule has 1 amide bonds. The average Bonchev–Trinajstić information content (AvgIpc) is 3.01. The van der Waals surface area contributed by atoms with Crippen LogP contribution in [0.3, 0.4) is 0 Å². The highest BCUT2D eigenvalue weighted by molar-refractivity contribution is 7.89. The third-order valence-electron chi connectivity index (χ3n) is 7.29. The molecule has 1 unspecified atom stereocenters. The quantitative estimate of drug-likeness (QED) is 0.236. The molecule has 0 bridgehead atoms. The Hall–Kier alpha value is -4.34. The highest BCUT2D eigenvalue weighted by Crippen LogP contribution is 2.36. The number of hydrogen-bond donors (Lipinski definition) is 0. The Morgan fingerprint density at radius 3 is 2.00 bits per heavy atom. The van der Waals surface area contributed by atoms with E-state index in [2.05, 4.69) is 0 Å². The normalized spacial score (nSPS) is 15.0. The molecule has 0 saturated carbocycles. The van der Waals surface area contributed by atoms with Crippen molar-refractivity contribution in [2.75, 3.05) is 13.2 Å². The van der Waals surface area contributed by atoms with Gasteiger partial charge >= 0.3 is 5.97 Å². The van der Waals surface area contributed by atoms with Crippen LogP contribution in [0.15, 0.2) is 114 Å². The molecule has 4 aromatic rings. The average molecular weight is 587 g/mol. The Labute approximate surface area is 245 Å². The topological polar surface area (TPSA) is 84.0 Å². The van der Waals surface area contributed by atoms with Gasteiger partial charge in [0.2, 0.25) is 10.0 Å². The molecule has 216 valence electrons. The van der Waals surface area contributed by atoms with E-state index in [1.54, 1.807) is 17.0 Å². The van der Waals surface area contributed by atoms with Crippen LogP contribution in [0.5, 0.6) is 0 Å². The number of benzene rings is 4. The van der Waals surface area contributed by atoms with Gasteiger partial charge in [-0.3, -0.25) is 9.59 Å². The lowest BCUT2D eigenvalue weighted by molar-refractivity contribution is -0.153. The Morgan fingerprint density at radius 2 is 1.38 bits per heavy atom. The van der Waals surface area contributed by atoms with Crippen molar-refractivity contribution in [3.63, 3.8) is 0 Å². The first-order chi connectivity index (χ1) is 20.3. The van der Waals surface area contributed by atoms with E-state index in [-0.39, 0.29) is 23.8 Å². The molecule has 1 aliphatic heterocycles. The van der Waals surface area contributed by atoms with Crippen LogP contribution in [0, 0.1) is 5.82 Å². The minimum Gasteiger partial charge on any atom is -0.456 e.